The van der Waals surface area contributed by atoms with Crippen molar-refractivity contribution in [1.82, 2.24) is 20.5 Å². The Labute approximate surface area is 141 Å². The number of aromatic nitrogens is 3. The number of hydrogen-bond donors (Lipinski definition) is 3. The molecule has 1 aromatic carbocycles. The Kier molecular flexibility index (Phi) is 6.12. The minimum Gasteiger partial charge on any atom is -0.326 e. The van der Waals surface area contributed by atoms with E-state index in [0.717, 1.165) is 43.0 Å². The van der Waals surface area contributed by atoms with Crippen LogP contribution in [0.25, 0.3) is 11.4 Å². The summed E-state index contributed by atoms with van der Waals surface area (Å²) in [6, 6.07) is 7.64. The van der Waals surface area contributed by atoms with E-state index < -0.39 is 0 Å². The Morgan fingerprint density at radius 3 is 2.83 bits per heavy atom. The second-order valence-electron chi connectivity index (χ2n) is 5.77. The van der Waals surface area contributed by atoms with Crippen molar-refractivity contribution >= 4 is 24.0 Å². The molecule has 3 N–H and O–H groups in total. The number of nitrogens with one attached hydrogen (secondary N) is 3. The summed E-state index contributed by atoms with van der Waals surface area (Å²) in [7, 11) is 0. The van der Waals surface area contributed by atoms with E-state index in [4.69, 9.17) is 0 Å². The number of carbonyl (C=O) groups excluding carboxylic acids is 1. The van der Waals surface area contributed by atoms with Crippen molar-refractivity contribution < 1.29 is 4.79 Å². The van der Waals surface area contributed by atoms with Crippen molar-refractivity contribution in [2.24, 2.45) is 5.92 Å². The maximum atomic E-state index is 12.2. The van der Waals surface area contributed by atoms with Gasteiger partial charge in [0.1, 0.15) is 5.82 Å². The third-order valence-corrected chi connectivity index (χ3v) is 3.93. The summed E-state index contributed by atoms with van der Waals surface area (Å²) in [6.07, 6.45) is 2.74. The van der Waals surface area contributed by atoms with E-state index in [9.17, 15) is 4.79 Å². The van der Waals surface area contributed by atoms with Gasteiger partial charge >= 0.3 is 0 Å². The predicted molar refractivity (Wildman–Crippen MR) is 92.6 cm³/mol. The molecule has 0 saturated carbocycles. The van der Waals surface area contributed by atoms with Crippen LogP contribution in [0.1, 0.15) is 25.1 Å². The number of piperidine rings is 1. The maximum absolute atomic E-state index is 12.2. The Morgan fingerprint density at radius 2 is 2.13 bits per heavy atom. The van der Waals surface area contributed by atoms with Crippen molar-refractivity contribution in [2.45, 2.75) is 26.2 Å². The number of amides is 1. The zero-order valence-corrected chi connectivity index (χ0v) is 13.9. The van der Waals surface area contributed by atoms with Gasteiger partial charge < -0.3 is 10.6 Å². The van der Waals surface area contributed by atoms with Crippen molar-refractivity contribution in [1.29, 1.82) is 0 Å². The standard InChI is InChI=1S/C16H21N5O.ClH/c1-11-18-16(21-20-11)13-3-2-4-14(10-13)19-15(22)9-12-5-7-17-8-6-12;/h2-4,10,12,17H,5-9H2,1H3,(H,19,22)(H,18,20,21);1H. The van der Waals surface area contributed by atoms with Crippen LogP contribution < -0.4 is 10.6 Å². The summed E-state index contributed by atoms with van der Waals surface area (Å²) in [5.74, 6) is 1.98. The van der Waals surface area contributed by atoms with Gasteiger partial charge in [-0.2, -0.15) is 5.10 Å². The van der Waals surface area contributed by atoms with E-state index in [-0.39, 0.29) is 18.3 Å². The van der Waals surface area contributed by atoms with Crippen LogP contribution in [0, 0.1) is 12.8 Å². The Bertz CT molecular complexity index is 651. The highest BCUT2D eigenvalue weighted by Gasteiger charge is 2.17. The van der Waals surface area contributed by atoms with Crippen LogP contribution in [0.2, 0.25) is 0 Å². The first kappa shape index (κ1) is 17.4. The topological polar surface area (TPSA) is 82.7 Å². The molecule has 6 nitrogen and oxygen atoms in total. The van der Waals surface area contributed by atoms with Gasteiger partial charge in [0.05, 0.1) is 0 Å². The maximum Gasteiger partial charge on any atom is 0.224 e. The Morgan fingerprint density at radius 1 is 1.35 bits per heavy atom. The van der Waals surface area contributed by atoms with Crippen LogP contribution in [-0.2, 0) is 4.79 Å². The van der Waals surface area contributed by atoms with Gasteiger partial charge in [-0.3, -0.25) is 9.89 Å². The number of aryl methyl sites for hydroxylation is 1. The molecule has 0 bridgehead atoms. The minimum absolute atomic E-state index is 0. The van der Waals surface area contributed by atoms with Crippen LogP contribution in [-0.4, -0.2) is 34.2 Å². The largest absolute Gasteiger partial charge is 0.326 e. The second kappa shape index (κ2) is 8.08. The SMILES string of the molecule is Cc1nc(-c2cccc(NC(=O)CC3CCNCC3)c2)n[nH]1.Cl. The molecule has 0 atom stereocenters. The number of rotatable bonds is 4. The average Bonchev–Trinajstić information content (AvgIpc) is 2.95. The Balaban J connectivity index is 0.00000192. The number of nitrogens with zero attached hydrogens (tertiary/aromatic N) is 2. The average molecular weight is 336 g/mol. The van der Waals surface area contributed by atoms with Gasteiger partial charge in [0, 0.05) is 17.7 Å². The van der Waals surface area contributed by atoms with E-state index in [0.29, 0.717) is 18.2 Å². The molecule has 23 heavy (non-hydrogen) atoms. The minimum atomic E-state index is 0. The lowest BCUT2D eigenvalue weighted by molar-refractivity contribution is -0.117. The van der Waals surface area contributed by atoms with Crippen molar-refractivity contribution in [3.8, 4) is 11.4 Å². The monoisotopic (exact) mass is 335 g/mol. The van der Waals surface area contributed by atoms with Crippen molar-refractivity contribution in [3.05, 3.63) is 30.1 Å². The molecular formula is C16H22ClN5O. The van der Waals surface area contributed by atoms with Gasteiger partial charge in [-0.25, -0.2) is 4.98 Å². The number of aromatic amines is 1. The van der Waals surface area contributed by atoms with E-state index in [2.05, 4.69) is 25.8 Å². The zero-order chi connectivity index (χ0) is 15.4. The van der Waals surface area contributed by atoms with Crippen LogP contribution in [0.15, 0.2) is 24.3 Å². The number of anilines is 1. The summed E-state index contributed by atoms with van der Waals surface area (Å²) in [5.41, 5.74) is 1.68. The fourth-order valence-electron chi connectivity index (χ4n) is 2.77. The van der Waals surface area contributed by atoms with E-state index in [1.54, 1.807) is 0 Å². The smallest absolute Gasteiger partial charge is 0.224 e. The van der Waals surface area contributed by atoms with Gasteiger partial charge in [0.2, 0.25) is 5.91 Å². The quantitative estimate of drug-likeness (QED) is 0.801. The summed E-state index contributed by atoms with van der Waals surface area (Å²) >= 11 is 0. The molecule has 0 radical (unpaired) electrons. The molecule has 3 rings (SSSR count). The van der Waals surface area contributed by atoms with Crippen LogP contribution >= 0.6 is 12.4 Å². The first-order valence-corrected chi connectivity index (χ1v) is 7.71. The lowest BCUT2D eigenvalue weighted by atomic mass is 9.94. The molecule has 1 aliphatic rings. The third kappa shape index (κ3) is 4.77. The molecule has 2 heterocycles. The molecule has 1 saturated heterocycles. The number of H-pyrrole nitrogens is 1. The Hall–Kier alpha value is -1.92. The first-order valence-electron chi connectivity index (χ1n) is 7.71. The number of hydrogen-bond acceptors (Lipinski definition) is 4. The molecule has 1 fully saturated rings. The van der Waals surface area contributed by atoms with Crippen LogP contribution in [0.3, 0.4) is 0 Å². The summed E-state index contributed by atoms with van der Waals surface area (Å²) in [5, 5.41) is 13.3. The van der Waals surface area contributed by atoms with Crippen LogP contribution in [0.5, 0.6) is 0 Å². The molecule has 0 spiro atoms. The molecule has 0 aliphatic carbocycles. The van der Waals surface area contributed by atoms with Gasteiger partial charge in [-0.15, -0.1) is 12.4 Å². The fourth-order valence-corrected chi connectivity index (χ4v) is 2.77. The summed E-state index contributed by atoms with van der Waals surface area (Å²) in [6.45, 7) is 3.89. The summed E-state index contributed by atoms with van der Waals surface area (Å²) < 4.78 is 0. The molecule has 2 aromatic rings. The lowest BCUT2D eigenvalue weighted by Crippen LogP contribution is -2.30. The predicted octanol–water partition coefficient (Wildman–Crippen LogP) is 2.53. The molecule has 1 aromatic heterocycles. The van der Waals surface area contributed by atoms with Gasteiger partial charge in [0.25, 0.3) is 0 Å². The molecule has 7 heteroatoms. The summed E-state index contributed by atoms with van der Waals surface area (Å²) in [4.78, 5) is 16.5. The molecular weight excluding hydrogens is 314 g/mol. The fraction of sp³-hybridized carbons (Fsp3) is 0.438. The molecule has 1 amide bonds. The molecule has 1 aliphatic heterocycles. The normalized spacial score (nSPS) is 15.0. The number of carbonyl (C=O) groups is 1. The van der Waals surface area contributed by atoms with Gasteiger partial charge in [-0.05, 0) is 50.9 Å². The highest BCUT2D eigenvalue weighted by atomic mass is 35.5. The van der Waals surface area contributed by atoms with Crippen molar-refractivity contribution in [2.75, 3.05) is 18.4 Å². The number of halogens is 1. The third-order valence-electron chi connectivity index (χ3n) is 3.93. The zero-order valence-electron chi connectivity index (χ0n) is 13.1. The van der Waals surface area contributed by atoms with Gasteiger partial charge in [0.15, 0.2) is 5.82 Å². The van der Waals surface area contributed by atoms with E-state index in [1.807, 2.05) is 31.2 Å². The first-order chi connectivity index (χ1) is 10.7. The molecule has 0 unspecified atom stereocenters. The molecule has 124 valence electrons. The van der Waals surface area contributed by atoms with E-state index >= 15 is 0 Å². The van der Waals surface area contributed by atoms with Crippen LogP contribution in [0.4, 0.5) is 5.69 Å². The highest BCUT2D eigenvalue weighted by molar-refractivity contribution is 5.91. The number of benzene rings is 1. The lowest BCUT2D eigenvalue weighted by Gasteiger charge is -2.21. The van der Waals surface area contributed by atoms with E-state index in [1.165, 1.54) is 0 Å². The highest BCUT2D eigenvalue weighted by Crippen LogP contribution is 2.21. The van der Waals surface area contributed by atoms with Gasteiger partial charge in [-0.1, -0.05) is 12.1 Å². The van der Waals surface area contributed by atoms with Crippen molar-refractivity contribution in [3.63, 3.8) is 0 Å². The second-order valence-corrected chi connectivity index (χ2v) is 5.77.